The van der Waals surface area contributed by atoms with E-state index in [0.29, 0.717) is 19.3 Å². The molecule has 1 atom stereocenters. The van der Waals surface area contributed by atoms with Crippen LogP contribution in [0.15, 0.2) is 35.0 Å². The van der Waals surface area contributed by atoms with Gasteiger partial charge in [-0.1, -0.05) is 6.92 Å². The van der Waals surface area contributed by atoms with Crippen LogP contribution in [0.1, 0.15) is 41.8 Å². The van der Waals surface area contributed by atoms with E-state index in [2.05, 4.69) is 15.4 Å². The van der Waals surface area contributed by atoms with Gasteiger partial charge in [-0.15, -0.1) is 0 Å². The van der Waals surface area contributed by atoms with Gasteiger partial charge >= 0.3 is 6.18 Å². The Hall–Kier alpha value is -3.30. The fourth-order valence-corrected chi connectivity index (χ4v) is 3.96. The van der Waals surface area contributed by atoms with Crippen molar-refractivity contribution in [2.75, 3.05) is 17.3 Å². The number of rotatable bonds is 6. The lowest BCUT2D eigenvalue weighted by molar-refractivity contribution is -0.153. The van der Waals surface area contributed by atoms with Crippen molar-refractivity contribution < 1.29 is 22.4 Å². The van der Waals surface area contributed by atoms with Crippen LogP contribution in [0.5, 0.6) is 0 Å². The minimum absolute atomic E-state index is 0.0218. The van der Waals surface area contributed by atoms with Gasteiger partial charge in [-0.2, -0.15) is 18.3 Å². The highest BCUT2D eigenvalue weighted by molar-refractivity contribution is 6.04. The van der Waals surface area contributed by atoms with E-state index in [-0.39, 0.29) is 24.3 Å². The van der Waals surface area contributed by atoms with Gasteiger partial charge in [0.05, 0.1) is 29.8 Å². The van der Waals surface area contributed by atoms with Gasteiger partial charge in [0.25, 0.3) is 0 Å². The van der Waals surface area contributed by atoms with Crippen LogP contribution < -0.4 is 10.2 Å². The van der Waals surface area contributed by atoms with E-state index >= 15 is 0 Å². The van der Waals surface area contributed by atoms with E-state index < -0.39 is 11.9 Å². The third kappa shape index (κ3) is 4.35. The van der Waals surface area contributed by atoms with Crippen LogP contribution in [0, 0.1) is 6.92 Å². The lowest BCUT2D eigenvalue weighted by atomic mass is 10.0. The molecule has 0 bridgehead atoms. The molecule has 0 unspecified atom stereocenters. The number of hydrogen-bond donors (Lipinski definition) is 1. The fraction of sp³-hybridized carbons (Fsp3) is 0.409. The summed E-state index contributed by atoms with van der Waals surface area (Å²) in [5.74, 6) is -0.846. The summed E-state index contributed by atoms with van der Waals surface area (Å²) in [6.45, 7) is 3.97. The minimum Gasteiger partial charge on any atom is -0.455 e. The molecule has 1 aliphatic heterocycles. The zero-order valence-electron chi connectivity index (χ0n) is 18.0. The Kier molecular flexibility index (Phi) is 5.70. The summed E-state index contributed by atoms with van der Waals surface area (Å²) in [4.78, 5) is 18.9. The lowest BCUT2D eigenvalue weighted by Crippen LogP contribution is -2.46. The van der Waals surface area contributed by atoms with Crippen molar-refractivity contribution in [1.29, 1.82) is 0 Å². The van der Waals surface area contributed by atoms with Crippen molar-refractivity contribution in [2.24, 2.45) is 0 Å². The first-order valence-corrected chi connectivity index (χ1v) is 10.4. The monoisotopic (exact) mass is 447 g/mol. The normalized spacial score (nSPS) is 16.2. The molecule has 0 fully saturated rings. The molecule has 7 nitrogen and oxygen atoms in total. The van der Waals surface area contributed by atoms with E-state index in [0.717, 1.165) is 34.4 Å². The van der Waals surface area contributed by atoms with Gasteiger partial charge < -0.3 is 14.6 Å². The first-order valence-electron chi connectivity index (χ1n) is 10.4. The second-order valence-corrected chi connectivity index (χ2v) is 7.93. The number of halogens is 3. The molecule has 1 amide bonds. The van der Waals surface area contributed by atoms with Gasteiger partial charge in [0, 0.05) is 18.9 Å². The Morgan fingerprint density at radius 3 is 2.72 bits per heavy atom. The predicted molar refractivity (Wildman–Crippen MR) is 113 cm³/mol. The first-order chi connectivity index (χ1) is 15.2. The van der Waals surface area contributed by atoms with Crippen molar-refractivity contribution in [3.8, 4) is 0 Å². The van der Waals surface area contributed by atoms with Gasteiger partial charge in [-0.25, -0.2) is 0 Å². The van der Waals surface area contributed by atoms with Gasteiger partial charge in [0.2, 0.25) is 11.7 Å². The number of amides is 1. The number of nitrogens with zero attached hydrogens (tertiary/aromatic N) is 4. The smallest absolute Gasteiger partial charge is 0.449 e. The zero-order valence-corrected chi connectivity index (χ0v) is 18.0. The van der Waals surface area contributed by atoms with Crippen LogP contribution in [0.25, 0.3) is 0 Å². The van der Waals surface area contributed by atoms with Crippen LogP contribution in [-0.4, -0.2) is 33.8 Å². The molecular formula is C22H24F3N5O2. The quantitative estimate of drug-likeness (QED) is 0.613. The average Bonchev–Trinajstić information content (AvgIpc) is 3.37. The topological polar surface area (TPSA) is 76.2 Å². The first kappa shape index (κ1) is 21.9. The second-order valence-electron chi connectivity index (χ2n) is 7.93. The molecule has 3 aromatic heterocycles. The summed E-state index contributed by atoms with van der Waals surface area (Å²) in [6, 6.07) is 4.01. The van der Waals surface area contributed by atoms with Crippen LogP contribution in [0.3, 0.4) is 0 Å². The van der Waals surface area contributed by atoms with E-state index in [1.807, 2.05) is 31.9 Å². The molecule has 0 radical (unpaired) electrons. The Morgan fingerprint density at radius 2 is 2.03 bits per heavy atom. The number of aryl methyl sites for hydroxylation is 3. The summed E-state index contributed by atoms with van der Waals surface area (Å²) in [6.07, 6.45) is 1.03. The maximum atomic E-state index is 12.7. The number of fused-ring (bicyclic) bond motifs is 1. The van der Waals surface area contributed by atoms with Crippen LogP contribution >= 0.6 is 0 Å². The van der Waals surface area contributed by atoms with Crippen molar-refractivity contribution in [1.82, 2.24) is 14.8 Å². The highest BCUT2D eigenvalue weighted by atomic mass is 19.4. The summed E-state index contributed by atoms with van der Waals surface area (Å²) >= 11 is 0. The number of nitrogens with one attached hydrogen (secondary N) is 1. The molecule has 3 aromatic rings. The number of carbonyl (C=O) groups excluding carboxylic acids is 1. The van der Waals surface area contributed by atoms with E-state index in [1.165, 1.54) is 6.07 Å². The molecule has 32 heavy (non-hydrogen) atoms. The maximum absolute atomic E-state index is 12.7. The third-order valence-electron chi connectivity index (χ3n) is 5.63. The van der Waals surface area contributed by atoms with Gasteiger partial charge in [0.15, 0.2) is 0 Å². The average molecular weight is 447 g/mol. The Morgan fingerprint density at radius 1 is 1.25 bits per heavy atom. The number of anilines is 2. The van der Waals surface area contributed by atoms with Gasteiger partial charge in [0.1, 0.15) is 11.8 Å². The Labute approximate surface area is 183 Å². The molecule has 0 aliphatic carbocycles. The van der Waals surface area contributed by atoms with Crippen LogP contribution in [-0.2, 0) is 30.4 Å². The molecule has 4 heterocycles. The summed E-state index contributed by atoms with van der Waals surface area (Å²) in [7, 11) is 1.91. The molecule has 0 saturated heterocycles. The van der Waals surface area contributed by atoms with Crippen LogP contribution in [0.4, 0.5) is 24.5 Å². The minimum atomic E-state index is -4.50. The highest BCUT2D eigenvalue weighted by Crippen LogP contribution is 2.35. The number of aromatic nitrogens is 3. The van der Waals surface area contributed by atoms with Crippen molar-refractivity contribution in [3.63, 3.8) is 0 Å². The van der Waals surface area contributed by atoms with Crippen molar-refractivity contribution >= 4 is 17.3 Å². The fourth-order valence-electron chi connectivity index (χ4n) is 3.96. The Balaban J connectivity index is 1.43. The standard InChI is InChI=1S/C22H24F3N5O2/c1-4-17-21(31)28-20-13(2)27-15(9-18(20)29(17)3)6-5-14-10-26-30(11-14)12-16-7-8-19(32-16)22(23,24)25/h7-11,17H,4-6,12H2,1-3H3,(H,28,31)/t17-/m0/s1. The molecule has 1 aliphatic rings. The predicted octanol–water partition coefficient (Wildman–Crippen LogP) is 4.20. The summed E-state index contributed by atoms with van der Waals surface area (Å²) < 4.78 is 44.4. The maximum Gasteiger partial charge on any atom is 0.449 e. The number of hydrogen-bond acceptors (Lipinski definition) is 5. The Bertz CT molecular complexity index is 1140. The molecule has 0 spiro atoms. The molecule has 0 saturated carbocycles. The number of alkyl halides is 3. The molecule has 10 heteroatoms. The molecule has 170 valence electrons. The van der Waals surface area contributed by atoms with E-state index in [9.17, 15) is 18.0 Å². The molecule has 1 N–H and O–H groups in total. The number of pyridine rings is 1. The summed E-state index contributed by atoms with van der Waals surface area (Å²) in [5.41, 5.74) is 4.30. The van der Waals surface area contributed by atoms with Crippen molar-refractivity contribution in [3.05, 3.63) is 59.1 Å². The third-order valence-corrected chi connectivity index (χ3v) is 5.63. The van der Waals surface area contributed by atoms with Crippen molar-refractivity contribution in [2.45, 2.75) is 51.9 Å². The molecular weight excluding hydrogens is 423 g/mol. The largest absolute Gasteiger partial charge is 0.455 e. The zero-order chi connectivity index (χ0) is 23.0. The highest BCUT2D eigenvalue weighted by Gasteiger charge is 2.34. The van der Waals surface area contributed by atoms with E-state index in [1.54, 1.807) is 17.1 Å². The second kappa shape index (κ2) is 8.33. The molecule has 0 aromatic carbocycles. The van der Waals surface area contributed by atoms with Gasteiger partial charge in [-0.05, 0) is 49.9 Å². The number of furan rings is 1. The van der Waals surface area contributed by atoms with E-state index in [4.69, 9.17) is 4.42 Å². The van der Waals surface area contributed by atoms with Gasteiger partial charge in [-0.3, -0.25) is 14.5 Å². The molecule has 4 rings (SSSR count). The number of likely N-dealkylation sites (N-methyl/N-ethyl adjacent to an activating group) is 1. The van der Waals surface area contributed by atoms with Crippen LogP contribution in [0.2, 0.25) is 0 Å². The SMILES string of the molecule is CC[C@H]1C(=O)Nc2c(cc(CCc3cnn(Cc4ccc(C(F)(F)F)o4)c3)nc2C)N1C. The lowest BCUT2D eigenvalue weighted by Gasteiger charge is -2.35. The summed E-state index contributed by atoms with van der Waals surface area (Å²) in [5, 5.41) is 7.19. The number of carbonyl (C=O) groups is 1.